The molecular weight excluding hydrogens is 377 g/mol. The number of benzene rings is 1. The number of ketones is 1. The molecule has 1 aromatic rings. The number of carbonyl (C=O) groups is 1. The molecule has 0 N–H and O–H groups in total. The zero-order chi connectivity index (χ0) is 21.8. The largest absolute Gasteiger partial charge is 0.294 e. The van der Waals surface area contributed by atoms with Crippen LogP contribution in [0.1, 0.15) is 61.0 Å². The number of fused-ring (bicyclic) bond motifs is 1. The van der Waals surface area contributed by atoms with E-state index in [1.54, 1.807) is 31.5 Å². The quantitative estimate of drug-likeness (QED) is 0.330. The third-order valence-electron chi connectivity index (χ3n) is 5.35. The minimum absolute atomic E-state index is 0.154. The number of hydrogen-bond donors (Lipinski definition) is 0. The number of carbonyl (C=O) groups excluding carboxylic acids is 1. The van der Waals surface area contributed by atoms with Crippen LogP contribution in [0.3, 0.4) is 0 Å². The van der Waals surface area contributed by atoms with Crippen molar-refractivity contribution in [2.24, 2.45) is 9.98 Å². The van der Waals surface area contributed by atoms with Crippen molar-refractivity contribution >= 4 is 17.8 Å². The van der Waals surface area contributed by atoms with Crippen LogP contribution in [0.15, 0.2) is 52.5 Å². The monoisotopic (exact) mass is 404 g/mol. The van der Waals surface area contributed by atoms with Crippen molar-refractivity contribution in [2.75, 3.05) is 7.05 Å². The Labute approximate surface area is 170 Å². The van der Waals surface area contributed by atoms with Gasteiger partial charge in [0, 0.05) is 37.6 Å². The number of amidine groups is 1. The van der Waals surface area contributed by atoms with E-state index in [1.807, 2.05) is 13.0 Å². The van der Waals surface area contributed by atoms with Crippen LogP contribution >= 0.6 is 0 Å². The SMILES string of the molecule is C=C(CCC(=O)c1ccc2c(c1)C(C)C(F)(F)C(C)(F)C2)C(N=C/C=C\C)=NC. The molecule has 1 aliphatic carbocycles. The Balaban J connectivity index is 2.14. The van der Waals surface area contributed by atoms with Gasteiger partial charge < -0.3 is 0 Å². The summed E-state index contributed by atoms with van der Waals surface area (Å²) in [6.45, 7) is 8.03. The number of halogens is 3. The van der Waals surface area contributed by atoms with E-state index >= 15 is 0 Å². The van der Waals surface area contributed by atoms with E-state index in [-0.39, 0.29) is 18.6 Å². The van der Waals surface area contributed by atoms with Gasteiger partial charge in [-0.2, -0.15) is 0 Å². The van der Waals surface area contributed by atoms with Crippen LogP contribution in [-0.4, -0.2) is 36.5 Å². The molecule has 0 aliphatic heterocycles. The normalized spacial score (nSPS) is 24.1. The summed E-state index contributed by atoms with van der Waals surface area (Å²) in [5, 5.41) is 0. The van der Waals surface area contributed by atoms with Crippen LogP contribution in [0.5, 0.6) is 0 Å². The predicted molar refractivity (Wildman–Crippen MR) is 112 cm³/mol. The molecule has 29 heavy (non-hydrogen) atoms. The van der Waals surface area contributed by atoms with Crippen molar-refractivity contribution in [3.63, 3.8) is 0 Å². The number of allylic oxidation sites excluding steroid dienone is 2. The van der Waals surface area contributed by atoms with Crippen LogP contribution in [0.2, 0.25) is 0 Å². The van der Waals surface area contributed by atoms with Crippen LogP contribution in [0, 0.1) is 0 Å². The molecule has 2 unspecified atom stereocenters. The van der Waals surface area contributed by atoms with Crippen molar-refractivity contribution in [2.45, 2.75) is 57.5 Å². The topological polar surface area (TPSA) is 41.8 Å². The van der Waals surface area contributed by atoms with Gasteiger partial charge in [-0.1, -0.05) is 31.7 Å². The number of nitrogens with zero attached hydrogens (tertiary/aromatic N) is 2. The van der Waals surface area contributed by atoms with E-state index in [4.69, 9.17) is 0 Å². The van der Waals surface area contributed by atoms with E-state index in [1.165, 1.54) is 13.0 Å². The molecule has 0 amide bonds. The highest BCUT2D eigenvalue weighted by atomic mass is 19.3. The van der Waals surface area contributed by atoms with Crippen LogP contribution < -0.4 is 0 Å². The molecule has 0 saturated carbocycles. The highest BCUT2D eigenvalue weighted by Crippen LogP contribution is 2.50. The Morgan fingerprint density at radius 3 is 2.62 bits per heavy atom. The number of Topliss-reactive ketones (excluding diaryl/α,β-unsaturated/α-hetero) is 1. The van der Waals surface area contributed by atoms with Crippen molar-refractivity contribution in [3.05, 3.63) is 59.2 Å². The minimum atomic E-state index is -3.49. The lowest BCUT2D eigenvalue weighted by molar-refractivity contribution is -0.150. The summed E-state index contributed by atoms with van der Waals surface area (Å²) in [7, 11) is 1.60. The van der Waals surface area contributed by atoms with E-state index in [0.717, 1.165) is 6.92 Å². The molecule has 0 bridgehead atoms. The van der Waals surface area contributed by atoms with Crippen molar-refractivity contribution in [1.82, 2.24) is 0 Å². The first kappa shape index (κ1) is 22.8. The maximum Gasteiger partial charge on any atom is 0.287 e. The summed E-state index contributed by atoms with van der Waals surface area (Å²) in [5.41, 5.74) is -0.789. The molecule has 3 nitrogen and oxygen atoms in total. The first-order valence-electron chi connectivity index (χ1n) is 9.58. The molecule has 0 radical (unpaired) electrons. The van der Waals surface area contributed by atoms with Gasteiger partial charge in [-0.25, -0.2) is 18.2 Å². The Bertz CT molecular complexity index is 882. The summed E-state index contributed by atoms with van der Waals surface area (Å²) in [6, 6.07) is 4.64. The first-order valence-corrected chi connectivity index (χ1v) is 9.58. The summed E-state index contributed by atoms with van der Waals surface area (Å²) < 4.78 is 43.2. The third kappa shape index (κ3) is 4.74. The van der Waals surface area contributed by atoms with Gasteiger partial charge >= 0.3 is 0 Å². The van der Waals surface area contributed by atoms with Crippen LogP contribution in [0.25, 0.3) is 0 Å². The average Bonchev–Trinajstić information content (AvgIpc) is 2.67. The Morgan fingerprint density at radius 2 is 2.00 bits per heavy atom. The zero-order valence-electron chi connectivity index (χ0n) is 17.3. The molecular formula is C23H27F3N2O. The number of rotatable bonds is 6. The summed E-state index contributed by atoms with van der Waals surface area (Å²) in [5.74, 6) is -4.53. The molecule has 6 heteroatoms. The fourth-order valence-corrected chi connectivity index (χ4v) is 3.48. The van der Waals surface area contributed by atoms with Gasteiger partial charge in [0.05, 0.1) is 0 Å². The van der Waals surface area contributed by atoms with Crippen molar-refractivity contribution in [1.29, 1.82) is 0 Å². The van der Waals surface area contributed by atoms with Gasteiger partial charge in [0.2, 0.25) is 0 Å². The van der Waals surface area contributed by atoms with Gasteiger partial charge in [0.25, 0.3) is 5.92 Å². The minimum Gasteiger partial charge on any atom is -0.294 e. The number of alkyl halides is 3. The molecule has 1 aliphatic rings. The molecule has 2 atom stereocenters. The van der Waals surface area contributed by atoms with Crippen LogP contribution in [-0.2, 0) is 6.42 Å². The predicted octanol–water partition coefficient (Wildman–Crippen LogP) is 5.90. The maximum atomic E-state index is 14.4. The summed E-state index contributed by atoms with van der Waals surface area (Å²) in [6.07, 6.45) is 5.32. The van der Waals surface area contributed by atoms with E-state index in [0.29, 0.717) is 34.5 Å². The maximum absolute atomic E-state index is 14.4. The highest BCUT2D eigenvalue weighted by molar-refractivity contribution is 6.04. The highest BCUT2D eigenvalue weighted by Gasteiger charge is 2.58. The van der Waals surface area contributed by atoms with Crippen LogP contribution in [0.4, 0.5) is 13.2 Å². The molecule has 1 aromatic carbocycles. The van der Waals surface area contributed by atoms with Crippen molar-refractivity contribution in [3.8, 4) is 0 Å². The van der Waals surface area contributed by atoms with E-state index < -0.39 is 17.5 Å². The van der Waals surface area contributed by atoms with Gasteiger partial charge in [-0.3, -0.25) is 9.79 Å². The second-order valence-corrected chi connectivity index (χ2v) is 7.51. The number of hydrogen-bond acceptors (Lipinski definition) is 2. The molecule has 0 aromatic heterocycles. The summed E-state index contributed by atoms with van der Waals surface area (Å²) >= 11 is 0. The second-order valence-electron chi connectivity index (χ2n) is 7.51. The number of aliphatic imine (C=N–C) groups is 2. The van der Waals surface area contributed by atoms with Gasteiger partial charge in [-0.05, 0) is 49.1 Å². The fourth-order valence-electron chi connectivity index (χ4n) is 3.48. The lowest BCUT2D eigenvalue weighted by Crippen LogP contribution is -2.50. The Hall–Kier alpha value is -2.50. The molecule has 0 spiro atoms. The lowest BCUT2D eigenvalue weighted by Gasteiger charge is -2.40. The van der Waals surface area contributed by atoms with Gasteiger partial charge in [-0.15, -0.1) is 0 Å². The van der Waals surface area contributed by atoms with E-state index in [9.17, 15) is 18.0 Å². The zero-order valence-corrected chi connectivity index (χ0v) is 17.3. The van der Waals surface area contributed by atoms with E-state index in [2.05, 4.69) is 16.6 Å². The second kappa shape index (κ2) is 8.89. The van der Waals surface area contributed by atoms with Gasteiger partial charge in [0.15, 0.2) is 11.5 Å². The standard InChI is InChI=1S/C23H27F3N2O/c1-6-7-12-28-21(27-5)15(2)8-11-20(29)17-9-10-18-14-22(4,24)23(25,26)16(3)19(18)13-17/h6-7,9-10,12-13,16H,2,8,11,14H2,1,3-5H3/b7-6-,27-21?,28-12?. The molecule has 156 valence electrons. The van der Waals surface area contributed by atoms with Crippen molar-refractivity contribution < 1.29 is 18.0 Å². The van der Waals surface area contributed by atoms with Gasteiger partial charge in [0.1, 0.15) is 5.84 Å². The smallest absolute Gasteiger partial charge is 0.287 e. The Morgan fingerprint density at radius 1 is 1.31 bits per heavy atom. The first-order chi connectivity index (χ1) is 13.5. The lowest BCUT2D eigenvalue weighted by atomic mass is 9.73. The molecule has 0 heterocycles. The average molecular weight is 404 g/mol. The Kier molecular flexibility index (Phi) is 6.98. The fraction of sp³-hybridized carbons (Fsp3) is 0.435. The summed E-state index contributed by atoms with van der Waals surface area (Å²) in [4.78, 5) is 20.9. The molecule has 2 rings (SSSR count). The molecule has 0 saturated heterocycles. The third-order valence-corrected chi connectivity index (χ3v) is 5.35. The molecule has 0 fully saturated rings.